The Morgan fingerprint density at radius 3 is 1.61 bits per heavy atom. The van der Waals surface area contributed by atoms with Crippen molar-refractivity contribution in [2.45, 2.75) is 30.4 Å². The molecule has 1 aliphatic rings. The Hall–Kier alpha value is -2.48. The van der Waals surface area contributed by atoms with Crippen molar-refractivity contribution in [2.24, 2.45) is 9.98 Å². The van der Waals surface area contributed by atoms with Gasteiger partial charge in [0.1, 0.15) is 0 Å². The molecule has 0 saturated carbocycles. The van der Waals surface area contributed by atoms with E-state index in [-0.39, 0.29) is 6.07 Å². The molecule has 15 heteroatoms. The van der Waals surface area contributed by atoms with E-state index >= 15 is 0 Å². The van der Waals surface area contributed by atoms with Crippen LogP contribution in [-0.4, -0.2) is 36.0 Å². The van der Waals surface area contributed by atoms with Crippen LogP contribution in [-0.2, 0) is 10.9 Å². The predicted molar refractivity (Wildman–Crippen MR) is 67.4 cm³/mol. The number of hydrogen-bond donors (Lipinski definition) is 0. The van der Waals surface area contributed by atoms with Crippen molar-refractivity contribution >= 4 is 11.8 Å². The topological polar surface area (TPSA) is 34.0 Å². The van der Waals surface area contributed by atoms with Gasteiger partial charge in [0.05, 0.1) is 5.56 Å². The first-order valence-electron chi connectivity index (χ1n) is 6.65. The normalized spacial score (nSPS) is 18.3. The third-order valence-corrected chi connectivity index (χ3v) is 3.22. The molecule has 0 unspecified atom stereocenters. The molecule has 1 aliphatic heterocycles. The van der Waals surface area contributed by atoms with Crippen molar-refractivity contribution in [2.75, 3.05) is 0 Å². The molecule has 0 N–H and O–H groups in total. The summed E-state index contributed by atoms with van der Waals surface area (Å²) < 4.78 is 160. The fourth-order valence-electron chi connectivity index (χ4n) is 2.02. The molecule has 0 bridgehead atoms. The summed E-state index contributed by atoms with van der Waals surface area (Å²) in [5.41, 5.74) is -9.14. The quantitative estimate of drug-likeness (QED) is 0.558. The van der Waals surface area contributed by atoms with E-state index in [4.69, 9.17) is 0 Å². The number of alkyl halides is 12. The predicted octanol–water partition coefficient (Wildman–Crippen LogP) is 5.26. The summed E-state index contributed by atoms with van der Waals surface area (Å²) in [6.45, 7) is 0. The Balaban J connectivity index is 2.86. The first kappa shape index (κ1) is 21.8. The van der Waals surface area contributed by atoms with Crippen LogP contribution in [0.1, 0.15) is 11.1 Å². The van der Waals surface area contributed by atoms with E-state index in [9.17, 15) is 52.7 Å². The van der Waals surface area contributed by atoms with E-state index in [2.05, 4.69) is 4.74 Å². The van der Waals surface area contributed by atoms with Crippen LogP contribution in [0.4, 0.5) is 52.7 Å². The van der Waals surface area contributed by atoms with Crippen molar-refractivity contribution in [3.8, 4) is 0 Å². The van der Waals surface area contributed by atoms with E-state index in [1.807, 2.05) is 4.99 Å². The minimum absolute atomic E-state index is 0.211. The molecule has 1 heterocycles. The van der Waals surface area contributed by atoms with E-state index in [1.165, 1.54) is 0 Å². The molecule has 2 rings (SSSR count). The van der Waals surface area contributed by atoms with Crippen LogP contribution in [0.5, 0.6) is 0 Å². The second-order valence-electron chi connectivity index (χ2n) is 5.14. The Morgan fingerprint density at radius 2 is 1.18 bits per heavy atom. The maximum atomic E-state index is 13.1. The van der Waals surface area contributed by atoms with E-state index in [0.717, 1.165) is 6.07 Å². The maximum Gasteiger partial charge on any atom is 0.468 e. The van der Waals surface area contributed by atoms with Gasteiger partial charge in [0, 0.05) is 5.56 Å². The third-order valence-electron chi connectivity index (χ3n) is 3.22. The molecule has 0 aromatic heterocycles. The molecular formula is C13H4F12N2O. The van der Waals surface area contributed by atoms with Gasteiger partial charge >= 0.3 is 36.3 Å². The highest BCUT2D eigenvalue weighted by molar-refractivity contribution is 6.05. The molecule has 0 saturated heterocycles. The smallest absolute Gasteiger partial charge is 0.416 e. The lowest BCUT2D eigenvalue weighted by atomic mass is 10.1. The van der Waals surface area contributed by atoms with Gasteiger partial charge in [-0.1, -0.05) is 12.1 Å². The van der Waals surface area contributed by atoms with Crippen molar-refractivity contribution in [1.29, 1.82) is 0 Å². The molecular weight excluding hydrogens is 428 g/mol. The number of benzene rings is 1. The summed E-state index contributed by atoms with van der Waals surface area (Å²) in [6.07, 6.45) is -24.5. The van der Waals surface area contributed by atoms with Crippen LogP contribution in [0.25, 0.3) is 0 Å². The fourth-order valence-corrected chi connectivity index (χ4v) is 2.02. The van der Waals surface area contributed by atoms with E-state index in [0.29, 0.717) is 12.1 Å². The molecule has 0 fully saturated rings. The van der Waals surface area contributed by atoms with Crippen LogP contribution in [0.2, 0.25) is 0 Å². The van der Waals surface area contributed by atoms with Gasteiger partial charge in [0.2, 0.25) is 5.90 Å². The third kappa shape index (κ3) is 3.73. The summed E-state index contributed by atoms with van der Waals surface area (Å²) in [4.78, 5) is 3.57. The van der Waals surface area contributed by atoms with Gasteiger partial charge in [-0.25, -0.2) is 4.99 Å². The minimum atomic E-state index is -6.58. The average Bonchev–Trinajstić information content (AvgIpc) is 2.50. The average molecular weight is 432 g/mol. The lowest BCUT2D eigenvalue weighted by molar-refractivity contribution is -0.294. The van der Waals surface area contributed by atoms with Crippen molar-refractivity contribution < 1.29 is 57.4 Å². The fraction of sp³-hybridized carbons (Fsp3) is 0.385. The molecule has 156 valence electrons. The van der Waals surface area contributed by atoms with Crippen LogP contribution >= 0.6 is 0 Å². The molecule has 0 amide bonds. The highest BCUT2D eigenvalue weighted by Crippen LogP contribution is 2.50. The maximum absolute atomic E-state index is 13.1. The van der Waals surface area contributed by atoms with Gasteiger partial charge in [-0.05, 0) is 12.1 Å². The molecule has 28 heavy (non-hydrogen) atoms. The summed E-state index contributed by atoms with van der Waals surface area (Å²) in [5, 5.41) is 0. The lowest BCUT2D eigenvalue weighted by Crippen LogP contribution is -2.57. The standard InChI is InChI=1S/C13H4F12N2O/c14-9(15,16)6-4-2-1-3-5(6)7-26-11(12(20,21)22,13(23,24)25)27-8(28-7)10(17,18)19/h1-4H. The second-order valence-corrected chi connectivity index (χ2v) is 5.14. The second kappa shape index (κ2) is 6.27. The Bertz CT molecular complexity index is 799. The molecule has 3 nitrogen and oxygen atoms in total. The summed E-state index contributed by atoms with van der Waals surface area (Å²) in [7, 11) is 0. The van der Waals surface area contributed by atoms with Gasteiger partial charge in [-0.15, -0.1) is 0 Å². The first-order valence-corrected chi connectivity index (χ1v) is 6.65. The molecule has 0 radical (unpaired) electrons. The zero-order valence-electron chi connectivity index (χ0n) is 12.6. The zero-order valence-corrected chi connectivity index (χ0v) is 12.6. The molecule has 0 atom stereocenters. The van der Waals surface area contributed by atoms with Crippen LogP contribution in [0.15, 0.2) is 34.3 Å². The molecule has 1 aromatic rings. The summed E-state index contributed by atoms with van der Waals surface area (Å²) in [6, 6.07) is 1.94. The number of halogens is 12. The van der Waals surface area contributed by atoms with Gasteiger partial charge in [0.15, 0.2) is 0 Å². The van der Waals surface area contributed by atoms with Gasteiger partial charge < -0.3 is 4.74 Å². The van der Waals surface area contributed by atoms with Gasteiger partial charge in [0.25, 0.3) is 0 Å². The number of ether oxygens (including phenoxy) is 1. The summed E-state index contributed by atoms with van der Waals surface area (Å²) >= 11 is 0. The zero-order chi connectivity index (χ0) is 21.8. The Kier molecular flexibility index (Phi) is 4.88. The Morgan fingerprint density at radius 1 is 0.679 bits per heavy atom. The number of rotatable bonds is 1. The van der Waals surface area contributed by atoms with Crippen LogP contribution in [0, 0.1) is 0 Å². The lowest BCUT2D eigenvalue weighted by Gasteiger charge is -2.34. The minimum Gasteiger partial charge on any atom is -0.416 e. The highest BCUT2D eigenvalue weighted by Gasteiger charge is 2.75. The van der Waals surface area contributed by atoms with Gasteiger partial charge in [-0.3, -0.25) is 0 Å². The van der Waals surface area contributed by atoms with Crippen molar-refractivity contribution in [3.05, 3.63) is 35.4 Å². The number of aliphatic imine (C=N–C) groups is 2. The van der Waals surface area contributed by atoms with E-state index in [1.54, 1.807) is 4.99 Å². The summed E-state index contributed by atoms with van der Waals surface area (Å²) in [5.74, 6) is -5.24. The van der Waals surface area contributed by atoms with Gasteiger partial charge in [-0.2, -0.15) is 57.7 Å². The number of hydrogen-bond acceptors (Lipinski definition) is 3. The largest absolute Gasteiger partial charge is 0.468 e. The van der Waals surface area contributed by atoms with E-state index < -0.39 is 53.3 Å². The number of nitrogens with zero attached hydrogens (tertiary/aromatic N) is 2. The Labute approximate surface area is 146 Å². The van der Waals surface area contributed by atoms with Crippen molar-refractivity contribution in [1.82, 2.24) is 0 Å². The highest BCUT2D eigenvalue weighted by atomic mass is 19.4. The SMILES string of the molecule is FC(F)(F)C1=NC(C(F)(F)F)(C(F)(F)F)N=C(c2ccccc2C(F)(F)F)O1. The first-order chi connectivity index (χ1) is 12.4. The molecule has 1 aromatic carbocycles. The van der Waals surface area contributed by atoms with Crippen LogP contribution in [0.3, 0.4) is 0 Å². The molecule has 0 aliphatic carbocycles. The molecule has 0 spiro atoms. The van der Waals surface area contributed by atoms with Crippen molar-refractivity contribution in [3.63, 3.8) is 0 Å². The monoisotopic (exact) mass is 432 g/mol. The van der Waals surface area contributed by atoms with Crippen LogP contribution < -0.4 is 0 Å².